The number of methoxy groups -OCH3 is 1. The molecule has 1 saturated heterocycles. The van der Waals surface area contributed by atoms with E-state index in [0.717, 1.165) is 29.8 Å². The lowest BCUT2D eigenvalue weighted by atomic mass is 9.94. The lowest BCUT2D eigenvalue weighted by molar-refractivity contribution is 0.0881. The van der Waals surface area contributed by atoms with Crippen LogP contribution >= 0.6 is 15.9 Å². The van der Waals surface area contributed by atoms with Crippen LogP contribution in [0, 0.1) is 0 Å². The molecule has 1 heterocycles. The van der Waals surface area contributed by atoms with E-state index in [2.05, 4.69) is 41.2 Å². The first kappa shape index (κ1) is 13.8. The number of halogens is 1. The third-order valence-electron chi connectivity index (χ3n) is 3.82. The molecular formula is C14H20BrNO2. The van der Waals surface area contributed by atoms with Gasteiger partial charge in [0.1, 0.15) is 5.75 Å². The number of benzene rings is 1. The average Bonchev–Trinajstić information content (AvgIpc) is 2.69. The summed E-state index contributed by atoms with van der Waals surface area (Å²) in [6.07, 6.45) is 1.30. The molecule has 2 rings (SSSR count). The predicted octanol–water partition coefficient (Wildman–Crippen LogP) is 3.11. The molecule has 100 valence electrons. The van der Waals surface area contributed by atoms with Gasteiger partial charge in [-0.15, -0.1) is 0 Å². The van der Waals surface area contributed by atoms with Gasteiger partial charge in [0.15, 0.2) is 0 Å². The summed E-state index contributed by atoms with van der Waals surface area (Å²) in [4.78, 5) is 0. The van der Waals surface area contributed by atoms with Crippen molar-refractivity contribution in [1.82, 2.24) is 5.32 Å². The van der Waals surface area contributed by atoms with E-state index in [1.165, 1.54) is 5.56 Å². The van der Waals surface area contributed by atoms with Gasteiger partial charge in [0.05, 0.1) is 13.2 Å². The second-order valence-electron chi connectivity index (χ2n) is 4.99. The van der Waals surface area contributed by atoms with Crippen LogP contribution in [0.15, 0.2) is 22.7 Å². The molecule has 4 heteroatoms. The molecule has 1 aliphatic rings. The van der Waals surface area contributed by atoms with Crippen LogP contribution in [0.5, 0.6) is 5.75 Å². The lowest BCUT2D eigenvalue weighted by Gasteiger charge is -2.29. The highest BCUT2D eigenvalue weighted by Crippen LogP contribution is 2.27. The van der Waals surface area contributed by atoms with E-state index in [9.17, 15) is 0 Å². The Hall–Kier alpha value is -0.580. The zero-order valence-corrected chi connectivity index (χ0v) is 12.7. The van der Waals surface area contributed by atoms with Crippen molar-refractivity contribution in [1.29, 1.82) is 0 Å². The smallest absolute Gasteiger partial charge is 0.119 e. The average molecular weight is 314 g/mol. The van der Waals surface area contributed by atoms with E-state index in [4.69, 9.17) is 9.47 Å². The molecule has 1 aromatic rings. The Morgan fingerprint density at radius 1 is 1.56 bits per heavy atom. The summed E-state index contributed by atoms with van der Waals surface area (Å²) < 4.78 is 12.0. The molecule has 0 aliphatic carbocycles. The van der Waals surface area contributed by atoms with E-state index in [1.807, 2.05) is 12.1 Å². The Balaban J connectivity index is 2.05. The van der Waals surface area contributed by atoms with Gasteiger partial charge in [0.2, 0.25) is 0 Å². The Morgan fingerprint density at radius 3 is 2.94 bits per heavy atom. The van der Waals surface area contributed by atoms with Gasteiger partial charge in [-0.05, 0) is 44.0 Å². The predicted molar refractivity (Wildman–Crippen MR) is 76.0 cm³/mol. The highest BCUT2D eigenvalue weighted by molar-refractivity contribution is 9.10. The number of nitrogens with one attached hydrogen (secondary N) is 1. The molecular weight excluding hydrogens is 294 g/mol. The van der Waals surface area contributed by atoms with Gasteiger partial charge in [-0.1, -0.05) is 15.9 Å². The summed E-state index contributed by atoms with van der Waals surface area (Å²) in [6, 6.07) is 6.03. The molecule has 0 radical (unpaired) electrons. The maximum absolute atomic E-state index is 5.63. The summed E-state index contributed by atoms with van der Waals surface area (Å²) in [7, 11) is 1.69. The van der Waals surface area contributed by atoms with Crippen LogP contribution in [-0.2, 0) is 11.3 Å². The fraction of sp³-hybridized carbons (Fsp3) is 0.571. The normalized spacial score (nSPS) is 27.4. The SMILES string of the molecule is COc1ccc(Br)c(CNC2(C)CCOC2C)c1. The monoisotopic (exact) mass is 313 g/mol. The first-order chi connectivity index (χ1) is 8.55. The summed E-state index contributed by atoms with van der Waals surface area (Å²) in [5, 5.41) is 3.61. The summed E-state index contributed by atoms with van der Waals surface area (Å²) in [5.74, 6) is 0.885. The number of hydrogen-bond acceptors (Lipinski definition) is 3. The van der Waals surface area contributed by atoms with Crippen molar-refractivity contribution in [2.75, 3.05) is 13.7 Å². The van der Waals surface area contributed by atoms with Gasteiger partial charge in [-0.25, -0.2) is 0 Å². The van der Waals surface area contributed by atoms with Crippen LogP contribution in [0.4, 0.5) is 0 Å². The molecule has 0 aromatic heterocycles. The second kappa shape index (κ2) is 5.59. The van der Waals surface area contributed by atoms with Crippen molar-refractivity contribution in [2.45, 2.75) is 38.5 Å². The van der Waals surface area contributed by atoms with Crippen LogP contribution in [0.3, 0.4) is 0 Å². The van der Waals surface area contributed by atoms with Gasteiger partial charge >= 0.3 is 0 Å². The Kier molecular flexibility index (Phi) is 4.30. The van der Waals surface area contributed by atoms with E-state index in [-0.39, 0.29) is 11.6 Å². The van der Waals surface area contributed by atoms with Crippen LogP contribution in [0.2, 0.25) is 0 Å². The molecule has 1 N–H and O–H groups in total. The minimum atomic E-state index is 0.0581. The third kappa shape index (κ3) is 2.87. The number of hydrogen-bond donors (Lipinski definition) is 1. The molecule has 18 heavy (non-hydrogen) atoms. The molecule has 0 saturated carbocycles. The van der Waals surface area contributed by atoms with Crippen molar-refractivity contribution < 1.29 is 9.47 Å². The standard InChI is InChI=1S/C14H20BrNO2/c1-10-14(2,6-7-18-10)16-9-11-8-12(17-3)4-5-13(11)15/h4-5,8,10,16H,6-7,9H2,1-3H3. The maximum Gasteiger partial charge on any atom is 0.119 e. The van der Waals surface area contributed by atoms with Crippen molar-refractivity contribution in [3.05, 3.63) is 28.2 Å². The highest BCUT2D eigenvalue weighted by atomic mass is 79.9. The molecule has 1 aliphatic heterocycles. The molecule has 3 nitrogen and oxygen atoms in total. The summed E-state index contributed by atoms with van der Waals surface area (Å²) in [6.45, 7) is 5.99. The van der Waals surface area contributed by atoms with Gasteiger partial charge in [0, 0.05) is 23.2 Å². The van der Waals surface area contributed by atoms with Crippen LogP contribution < -0.4 is 10.1 Å². The van der Waals surface area contributed by atoms with Gasteiger partial charge in [0.25, 0.3) is 0 Å². The first-order valence-corrected chi connectivity index (χ1v) is 7.03. The Labute approximate surface area is 117 Å². The van der Waals surface area contributed by atoms with Crippen molar-refractivity contribution in [3.8, 4) is 5.75 Å². The minimum absolute atomic E-state index is 0.0581. The number of rotatable bonds is 4. The summed E-state index contributed by atoms with van der Waals surface area (Å²) >= 11 is 3.58. The maximum atomic E-state index is 5.63. The topological polar surface area (TPSA) is 30.5 Å². The number of ether oxygens (including phenoxy) is 2. The zero-order chi connectivity index (χ0) is 13.2. The van der Waals surface area contributed by atoms with Crippen LogP contribution in [-0.4, -0.2) is 25.4 Å². The molecule has 0 bridgehead atoms. The van der Waals surface area contributed by atoms with Gasteiger partial charge < -0.3 is 14.8 Å². The van der Waals surface area contributed by atoms with Gasteiger partial charge in [-0.2, -0.15) is 0 Å². The Bertz CT molecular complexity index is 424. The van der Waals surface area contributed by atoms with Gasteiger partial charge in [-0.3, -0.25) is 0 Å². The molecule has 1 fully saturated rings. The molecule has 2 atom stereocenters. The second-order valence-corrected chi connectivity index (χ2v) is 5.85. The quantitative estimate of drug-likeness (QED) is 0.926. The molecule has 1 aromatic carbocycles. The first-order valence-electron chi connectivity index (χ1n) is 6.24. The lowest BCUT2D eigenvalue weighted by Crippen LogP contribution is -2.47. The molecule has 0 amide bonds. The van der Waals surface area contributed by atoms with E-state index < -0.39 is 0 Å². The third-order valence-corrected chi connectivity index (χ3v) is 4.60. The van der Waals surface area contributed by atoms with Crippen molar-refractivity contribution in [3.63, 3.8) is 0 Å². The summed E-state index contributed by atoms with van der Waals surface area (Å²) in [5.41, 5.74) is 1.26. The highest BCUT2D eigenvalue weighted by Gasteiger charge is 2.36. The van der Waals surface area contributed by atoms with E-state index in [1.54, 1.807) is 7.11 Å². The zero-order valence-electron chi connectivity index (χ0n) is 11.1. The van der Waals surface area contributed by atoms with E-state index >= 15 is 0 Å². The van der Waals surface area contributed by atoms with Crippen molar-refractivity contribution >= 4 is 15.9 Å². The fourth-order valence-electron chi connectivity index (χ4n) is 2.18. The largest absolute Gasteiger partial charge is 0.497 e. The van der Waals surface area contributed by atoms with Crippen molar-refractivity contribution in [2.24, 2.45) is 0 Å². The van der Waals surface area contributed by atoms with E-state index in [0.29, 0.717) is 0 Å². The Morgan fingerprint density at radius 2 is 2.33 bits per heavy atom. The van der Waals surface area contributed by atoms with Crippen LogP contribution in [0.25, 0.3) is 0 Å². The fourth-order valence-corrected chi connectivity index (χ4v) is 2.56. The minimum Gasteiger partial charge on any atom is -0.497 e. The van der Waals surface area contributed by atoms with Crippen LogP contribution in [0.1, 0.15) is 25.8 Å². The molecule has 2 unspecified atom stereocenters. The molecule has 0 spiro atoms.